The highest BCUT2D eigenvalue weighted by atomic mass is 15.2. The number of hydrogen-bond donors (Lipinski definition) is 0. The zero-order valence-electron chi connectivity index (χ0n) is 25.8. The van der Waals surface area contributed by atoms with Gasteiger partial charge < -0.3 is 9.80 Å². The Hall–Kier alpha value is -6.39. The monoisotopic (exact) mass is 604 g/mol. The summed E-state index contributed by atoms with van der Waals surface area (Å²) in [7, 11) is 0. The lowest BCUT2D eigenvalue weighted by molar-refractivity contribution is 1.09. The van der Waals surface area contributed by atoms with Gasteiger partial charge in [0.25, 0.3) is 0 Å². The van der Waals surface area contributed by atoms with E-state index in [9.17, 15) is 0 Å². The number of imidazole rings is 1. The molecule has 0 atom stereocenters. The molecule has 47 heavy (non-hydrogen) atoms. The molecule has 0 bridgehead atoms. The van der Waals surface area contributed by atoms with Crippen LogP contribution in [0.1, 0.15) is 0 Å². The zero-order chi connectivity index (χ0) is 31.4. The van der Waals surface area contributed by atoms with Crippen LogP contribution >= 0.6 is 0 Å². The van der Waals surface area contributed by atoms with E-state index in [0.717, 1.165) is 62.2 Å². The summed E-state index contributed by atoms with van der Waals surface area (Å²) in [4.78, 5) is 9.82. The van der Waals surface area contributed by atoms with E-state index in [4.69, 9.17) is 4.98 Å². The molecule has 0 saturated carbocycles. The molecule has 1 heterocycles. The Balaban J connectivity index is 1.45. The minimum absolute atomic E-state index is 0.895. The molecular formula is C43H32N4. The van der Waals surface area contributed by atoms with Gasteiger partial charge in [0.1, 0.15) is 5.82 Å². The van der Waals surface area contributed by atoms with E-state index in [-0.39, 0.29) is 0 Å². The van der Waals surface area contributed by atoms with Crippen molar-refractivity contribution in [1.29, 1.82) is 0 Å². The largest absolute Gasteiger partial charge is 0.310 e. The molecule has 8 aromatic rings. The molecule has 0 N–H and O–H groups in total. The molecule has 8 rings (SSSR count). The van der Waals surface area contributed by atoms with E-state index < -0.39 is 0 Å². The van der Waals surface area contributed by atoms with Gasteiger partial charge in [-0.25, -0.2) is 4.98 Å². The van der Waals surface area contributed by atoms with Gasteiger partial charge in [-0.05, 0) is 78.9 Å². The van der Waals surface area contributed by atoms with Crippen LogP contribution in [0, 0.1) is 0 Å². The topological polar surface area (TPSA) is 24.3 Å². The number of aromatic nitrogens is 2. The average molecular weight is 605 g/mol. The second-order valence-electron chi connectivity index (χ2n) is 11.3. The molecule has 0 aliphatic rings. The van der Waals surface area contributed by atoms with Crippen LogP contribution in [0.25, 0.3) is 28.1 Å². The number of anilines is 6. The van der Waals surface area contributed by atoms with Crippen LogP contribution in [-0.4, -0.2) is 9.55 Å². The lowest BCUT2D eigenvalue weighted by Crippen LogP contribution is -2.14. The van der Waals surface area contributed by atoms with Crippen molar-refractivity contribution < 1.29 is 0 Å². The van der Waals surface area contributed by atoms with Gasteiger partial charge in [-0.15, -0.1) is 0 Å². The van der Waals surface area contributed by atoms with Crippen LogP contribution in [0.3, 0.4) is 0 Å². The molecule has 0 fully saturated rings. The molecule has 0 saturated heterocycles. The van der Waals surface area contributed by atoms with Crippen LogP contribution in [0.2, 0.25) is 0 Å². The molecule has 0 aliphatic heterocycles. The number of nitrogens with zero attached hydrogens (tertiary/aromatic N) is 4. The van der Waals surface area contributed by atoms with Crippen LogP contribution in [0.15, 0.2) is 194 Å². The quantitative estimate of drug-likeness (QED) is 0.172. The van der Waals surface area contributed by atoms with Crippen molar-refractivity contribution in [3.8, 4) is 17.1 Å². The highest BCUT2D eigenvalue weighted by Crippen LogP contribution is 2.43. The van der Waals surface area contributed by atoms with Crippen LogP contribution in [0.5, 0.6) is 0 Å². The molecule has 224 valence electrons. The van der Waals surface area contributed by atoms with Crippen LogP contribution in [-0.2, 0) is 0 Å². The first kappa shape index (κ1) is 28.1. The Kier molecular flexibility index (Phi) is 7.50. The fourth-order valence-corrected chi connectivity index (χ4v) is 6.24. The standard InChI is InChI=1S/C43H32N4/c1-6-18-33(19-7-1)43-44-41-28-16-17-29-42(41)47(43)40-31-38(45(34-20-8-2-9-21-34)35-22-10-3-11-23-35)30-39(32-40)46(36-24-12-4-13-25-36)37-26-14-5-15-27-37/h1-32H. The Morgan fingerprint density at radius 3 is 1.19 bits per heavy atom. The van der Waals surface area contributed by atoms with Crippen LogP contribution < -0.4 is 9.80 Å². The molecule has 4 heteroatoms. The summed E-state index contributed by atoms with van der Waals surface area (Å²) in [6, 6.07) is 67.9. The van der Waals surface area contributed by atoms with Gasteiger partial charge in [-0.1, -0.05) is 115 Å². The lowest BCUT2D eigenvalue weighted by Gasteiger charge is -2.30. The predicted molar refractivity (Wildman–Crippen MR) is 196 cm³/mol. The van der Waals surface area contributed by atoms with Crippen molar-refractivity contribution in [2.75, 3.05) is 9.80 Å². The predicted octanol–water partition coefficient (Wildman–Crippen LogP) is 11.6. The van der Waals surface area contributed by atoms with Gasteiger partial charge >= 0.3 is 0 Å². The maximum Gasteiger partial charge on any atom is 0.145 e. The highest BCUT2D eigenvalue weighted by molar-refractivity contribution is 5.88. The first-order valence-electron chi connectivity index (χ1n) is 15.8. The minimum Gasteiger partial charge on any atom is -0.310 e. The molecule has 0 aliphatic carbocycles. The molecule has 0 amide bonds. The summed E-state index contributed by atoms with van der Waals surface area (Å²) in [5.74, 6) is 0.895. The average Bonchev–Trinajstić information content (AvgIpc) is 3.54. The lowest BCUT2D eigenvalue weighted by atomic mass is 10.1. The summed E-state index contributed by atoms with van der Waals surface area (Å²) >= 11 is 0. The summed E-state index contributed by atoms with van der Waals surface area (Å²) in [6.07, 6.45) is 0. The van der Waals surface area contributed by atoms with E-state index in [0.29, 0.717) is 0 Å². The molecule has 1 aromatic heterocycles. The summed E-state index contributed by atoms with van der Waals surface area (Å²) in [5, 5.41) is 0. The van der Waals surface area contributed by atoms with Gasteiger partial charge in [0, 0.05) is 28.3 Å². The van der Waals surface area contributed by atoms with Crippen molar-refractivity contribution >= 4 is 45.2 Å². The normalized spacial score (nSPS) is 11.0. The smallest absolute Gasteiger partial charge is 0.145 e. The number of rotatable bonds is 8. The van der Waals surface area contributed by atoms with E-state index in [1.807, 2.05) is 6.07 Å². The van der Waals surface area contributed by atoms with Crippen molar-refractivity contribution in [3.05, 3.63) is 194 Å². The van der Waals surface area contributed by atoms with Crippen LogP contribution in [0.4, 0.5) is 34.1 Å². The molecule has 0 radical (unpaired) electrons. The van der Waals surface area contributed by atoms with E-state index in [1.165, 1.54) is 0 Å². The SMILES string of the molecule is c1ccc(-c2nc3ccccc3n2-c2cc(N(c3ccccc3)c3ccccc3)cc(N(c3ccccc3)c3ccccc3)c2)cc1. The molecular weight excluding hydrogens is 573 g/mol. The molecule has 0 unspecified atom stereocenters. The van der Waals surface area contributed by atoms with Crippen molar-refractivity contribution in [2.45, 2.75) is 0 Å². The van der Waals surface area contributed by atoms with Gasteiger partial charge in [-0.2, -0.15) is 0 Å². The maximum atomic E-state index is 5.18. The third-order valence-corrected chi connectivity index (χ3v) is 8.31. The van der Waals surface area contributed by atoms with E-state index >= 15 is 0 Å². The van der Waals surface area contributed by atoms with E-state index in [2.05, 4.69) is 202 Å². The van der Waals surface area contributed by atoms with Crippen molar-refractivity contribution in [2.24, 2.45) is 0 Å². The third kappa shape index (κ3) is 5.54. The fraction of sp³-hybridized carbons (Fsp3) is 0. The summed E-state index contributed by atoms with van der Waals surface area (Å²) < 4.78 is 2.29. The number of benzene rings is 7. The van der Waals surface area contributed by atoms with E-state index in [1.54, 1.807) is 0 Å². The van der Waals surface area contributed by atoms with Gasteiger partial charge in [0.2, 0.25) is 0 Å². The molecule has 0 spiro atoms. The molecule has 7 aromatic carbocycles. The Morgan fingerprint density at radius 1 is 0.362 bits per heavy atom. The number of hydrogen-bond acceptors (Lipinski definition) is 3. The Bertz CT molecular complexity index is 2050. The van der Waals surface area contributed by atoms with Gasteiger partial charge in [0.05, 0.1) is 28.1 Å². The third-order valence-electron chi connectivity index (χ3n) is 8.31. The zero-order valence-corrected chi connectivity index (χ0v) is 25.8. The highest BCUT2D eigenvalue weighted by Gasteiger charge is 2.21. The first-order chi connectivity index (χ1) is 23.3. The molecule has 4 nitrogen and oxygen atoms in total. The Labute approximate surface area is 275 Å². The maximum absolute atomic E-state index is 5.18. The van der Waals surface area contributed by atoms with Gasteiger partial charge in [-0.3, -0.25) is 4.57 Å². The fourth-order valence-electron chi connectivity index (χ4n) is 6.24. The summed E-state index contributed by atoms with van der Waals surface area (Å²) in [5.41, 5.74) is 10.4. The second-order valence-corrected chi connectivity index (χ2v) is 11.3. The first-order valence-corrected chi connectivity index (χ1v) is 15.8. The van der Waals surface area contributed by atoms with Crippen molar-refractivity contribution in [1.82, 2.24) is 9.55 Å². The van der Waals surface area contributed by atoms with Gasteiger partial charge in [0.15, 0.2) is 0 Å². The number of fused-ring (bicyclic) bond motifs is 1. The minimum atomic E-state index is 0.895. The second kappa shape index (κ2) is 12.5. The Morgan fingerprint density at radius 2 is 0.745 bits per heavy atom. The number of para-hydroxylation sites is 6. The van der Waals surface area contributed by atoms with Crippen molar-refractivity contribution in [3.63, 3.8) is 0 Å². The summed E-state index contributed by atoms with van der Waals surface area (Å²) in [6.45, 7) is 0.